The lowest BCUT2D eigenvalue weighted by Crippen LogP contribution is -2.27. The molecule has 0 radical (unpaired) electrons. The number of benzene rings is 2. The van der Waals surface area contributed by atoms with Gasteiger partial charge >= 0.3 is 0 Å². The predicted octanol–water partition coefficient (Wildman–Crippen LogP) is 4.29. The third-order valence-corrected chi connectivity index (χ3v) is 3.74. The van der Waals surface area contributed by atoms with E-state index in [2.05, 4.69) is 10.6 Å². The molecule has 0 saturated heterocycles. The minimum absolute atomic E-state index is 0.309. The molecule has 0 bridgehead atoms. The van der Waals surface area contributed by atoms with Gasteiger partial charge in [0.15, 0.2) is 0 Å². The Bertz CT molecular complexity index is 718. The second-order valence-corrected chi connectivity index (χ2v) is 6.03. The van der Waals surface area contributed by atoms with Crippen LogP contribution in [0.1, 0.15) is 12.0 Å². The number of carbonyl (C=O) groups is 2. The summed E-state index contributed by atoms with van der Waals surface area (Å²) in [4.78, 5) is 23.6. The molecule has 2 rings (SSSR count). The highest BCUT2D eigenvalue weighted by Crippen LogP contribution is 2.25. The van der Waals surface area contributed by atoms with Crippen molar-refractivity contribution in [2.75, 3.05) is 5.32 Å². The average molecular weight is 372 g/mol. The molecule has 0 aliphatic rings. The molecule has 0 aliphatic heterocycles. The van der Waals surface area contributed by atoms with E-state index >= 15 is 0 Å². The number of rotatable bonds is 5. The molecule has 0 fully saturated rings. The molecule has 0 aromatic heterocycles. The number of nitrogens with one attached hydrogen (secondary N) is 2. The van der Waals surface area contributed by atoms with Gasteiger partial charge in [-0.2, -0.15) is 0 Å². The Morgan fingerprint density at radius 1 is 0.870 bits per heavy atom. The van der Waals surface area contributed by atoms with Crippen molar-refractivity contribution in [3.63, 3.8) is 0 Å². The van der Waals surface area contributed by atoms with Crippen molar-refractivity contribution in [1.82, 2.24) is 5.32 Å². The normalized spacial score (nSPS) is 10.2. The first-order chi connectivity index (χ1) is 10.9. The summed E-state index contributed by atoms with van der Waals surface area (Å²) < 4.78 is 0. The Hall–Kier alpha value is -1.75. The Labute approximate surface area is 148 Å². The second kappa shape index (κ2) is 8.20. The van der Waals surface area contributed by atoms with E-state index in [0.717, 1.165) is 5.56 Å². The van der Waals surface area contributed by atoms with Gasteiger partial charge in [0.05, 0.1) is 10.7 Å². The molecule has 4 nitrogen and oxygen atoms in total. The highest BCUT2D eigenvalue weighted by atomic mass is 35.5. The highest BCUT2D eigenvalue weighted by molar-refractivity contribution is 6.35. The molecular formula is C16H13Cl3N2O2. The lowest BCUT2D eigenvalue weighted by molar-refractivity contribution is -0.126. The van der Waals surface area contributed by atoms with Gasteiger partial charge < -0.3 is 10.6 Å². The number of hydrogen-bond acceptors (Lipinski definition) is 2. The highest BCUT2D eigenvalue weighted by Gasteiger charge is 2.11. The molecule has 0 saturated carbocycles. The molecule has 2 aromatic rings. The van der Waals surface area contributed by atoms with Gasteiger partial charge in [0.1, 0.15) is 6.42 Å². The van der Waals surface area contributed by atoms with Gasteiger partial charge in [-0.3, -0.25) is 9.59 Å². The maximum Gasteiger partial charge on any atom is 0.233 e. The Balaban J connectivity index is 1.83. The van der Waals surface area contributed by atoms with Crippen molar-refractivity contribution in [3.8, 4) is 0 Å². The van der Waals surface area contributed by atoms with Crippen LogP contribution >= 0.6 is 34.8 Å². The molecule has 2 amide bonds. The first kappa shape index (κ1) is 17.6. The zero-order valence-electron chi connectivity index (χ0n) is 11.9. The van der Waals surface area contributed by atoms with Crippen LogP contribution < -0.4 is 10.6 Å². The van der Waals surface area contributed by atoms with Crippen molar-refractivity contribution in [3.05, 3.63) is 63.1 Å². The van der Waals surface area contributed by atoms with Gasteiger partial charge in [0, 0.05) is 16.6 Å². The summed E-state index contributed by atoms with van der Waals surface area (Å²) in [6.45, 7) is 0.321. The van der Waals surface area contributed by atoms with E-state index in [9.17, 15) is 9.59 Å². The zero-order chi connectivity index (χ0) is 16.8. The first-order valence-electron chi connectivity index (χ1n) is 6.70. The van der Waals surface area contributed by atoms with Gasteiger partial charge in [-0.25, -0.2) is 0 Å². The Morgan fingerprint density at radius 3 is 2.22 bits per heavy atom. The Kier molecular flexibility index (Phi) is 6.28. The minimum atomic E-state index is -0.470. The van der Waals surface area contributed by atoms with Gasteiger partial charge in [0.2, 0.25) is 11.8 Å². The number of hydrogen-bond donors (Lipinski definition) is 2. The van der Waals surface area contributed by atoms with Gasteiger partial charge in [-0.15, -0.1) is 0 Å². The second-order valence-electron chi connectivity index (χ2n) is 4.75. The van der Waals surface area contributed by atoms with Gasteiger partial charge in [-0.05, 0) is 35.9 Å². The summed E-state index contributed by atoms with van der Waals surface area (Å²) in [5.41, 5.74) is 1.26. The molecular weight excluding hydrogens is 359 g/mol. The zero-order valence-corrected chi connectivity index (χ0v) is 14.2. The van der Waals surface area contributed by atoms with E-state index in [1.807, 2.05) is 0 Å². The maximum absolute atomic E-state index is 11.9. The van der Waals surface area contributed by atoms with Crippen molar-refractivity contribution in [1.29, 1.82) is 0 Å². The van der Waals surface area contributed by atoms with Crippen LogP contribution in [-0.2, 0) is 16.1 Å². The molecule has 120 valence electrons. The molecule has 2 aromatic carbocycles. The van der Waals surface area contributed by atoms with E-state index in [1.54, 1.807) is 36.4 Å². The fourth-order valence-electron chi connectivity index (χ4n) is 1.80. The minimum Gasteiger partial charge on any atom is -0.352 e. The van der Waals surface area contributed by atoms with E-state index in [1.165, 1.54) is 6.07 Å². The number of amides is 2. The number of carbonyl (C=O) groups excluding carboxylic acids is 2. The van der Waals surface area contributed by atoms with Crippen LogP contribution in [-0.4, -0.2) is 11.8 Å². The molecule has 0 atom stereocenters. The molecule has 23 heavy (non-hydrogen) atoms. The lowest BCUT2D eigenvalue weighted by Gasteiger charge is -2.08. The topological polar surface area (TPSA) is 58.2 Å². The maximum atomic E-state index is 11.9. The molecule has 7 heteroatoms. The summed E-state index contributed by atoms with van der Waals surface area (Å²) in [5.74, 6) is -0.863. The molecule has 0 aliphatic carbocycles. The van der Waals surface area contributed by atoms with Crippen LogP contribution in [0.4, 0.5) is 5.69 Å². The molecule has 2 N–H and O–H groups in total. The quantitative estimate of drug-likeness (QED) is 0.770. The monoisotopic (exact) mass is 370 g/mol. The largest absolute Gasteiger partial charge is 0.352 e. The van der Waals surface area contributed by atoms with Crippen LogP contribution in [0.25, 0.3) is 0 Å². The summed E-state index contributed by atoms with van der Waals surface area (Å²) in [5, 5.41) is 6.63. The van der Waals surface area contributed by atoms with Crippen molar-refractivity contribution >= 4 is 52.3 Å². The molecule has 0 spiro atoms. The van der Waals surface area contributed by atoms with Crippen LogP contribution in [0, 0.1) is 0 Å². The summed E-state index contributed by atoms with van der Waals surface area (Å²) >= 11 is 17.6. The fourth-order valence-corrected chi connectivity index (χ4v) is 2.26. The fraction of sp³-hybridized carbons (Fsp3) is 0.125. The third kappa shape index (κ3) is 5.75. The van der Waals surface area contributed by atoms with Gasteiger partial charge in [-0.1, -0.05) is 46.9 Å². The molecule has 0 heterocycles. The average Bonchev–Trinajstić information content (AvgIpc) is 2.50. The first-order valence-corrected chi connectivity index (χ1v) is 7.83. The lowest BCUT2D eigenvalue weighted by atomic mass is 10.2. The standard InChI is InChI=1S/C16H13Cl3N2O2/c17-11-3-1-10(2-4-11)9-20-15(22)8-16(23)21-14-7-12(18)5-6-13(14)19/h1-7H,8-9H2,(H,20,22)(H,21,23). The summed E-state index contributed by atoms with van der Waals surface area (Å²) in [7, 11) is 0. The van der Waals surface area contributed by atoms with Gasteiger partial charge in [0.25, 0.3) is 0 Å². The number of halogens is 3. The van der Waals surface area contributed by atoms with Crippen LogP contribution in [0.5, 0.6) is 0 Å². The molecule has 0 unspecified atom stereocenters. The van der Waals surface area contributed by atoms with Crippen LogP contribution in [0.2, 0.25) is 15.1 Å². The third-order valence-electron chi connectivity index (χ3n) is 2.93. The Morgan fingerprint density at radius 2 is 1.52 bits per heavy atom. The summed E-state index contributed by atoms with van der Waals surface area (Å²) in [6.07, 6.45) is -0.309. The van der Waals surface area contributed by atoms with Crippen molar-refractivity contribution in [2.24, 2.45) is 0 Å². The summed E-state index contributed by atoms with van der Waals surface area (Å²) in [6, 6.07) is 11.8. The van der Waals surface area contributed by atoms with E-state index in [-0.39, 0.29) is 6.42 Å². The number of anilines is 1. The SMILES string of the molecule is O=C(CC(=O)Nc1cc(Cl)ccc1Cl)NCc1ccc(Cl)cc1. The predicted molar refractivity (Wildman–Crippen MR) is 93.0 cm³/mol. The van der Waals surface area contributed by atoms with Crippen molar-refractivity contribution in [2.45, 2.75) is 13.0 Å². The van der Waals surface area contributed by atoms with Crippen LogP contribution in [0.15, 0.2) is 42.5 Å². The van der Waals surface area contributed by atoms with E-state index in [0.29, 0.717) is 27.3 Å². The van der Waals surface area contributed by atoms with Crippen LogP contribution in [0.3, 0.4) is 0 Å². The van der Waals surface area contributed by atoms with Crippen molar-refractivity contribution < 1.29 is 9.59 Å². The van der Waals surface area contributed by atoms with E-state index in [4.69, 9.17) is 34.8 Å². The smallest absolute Gasteiger partial charge is 0.233 e. The van der Waals surface area contributed by atoms with E-state index < -0.39 is 11.8 Å².